The van der Waals surface area contributed by atoms with Crippen LogP contribution in [-0.4, -0.2) is 0 Å². The minimum atomic E-state index is -0.203. The lowest BCUT2D eigenvalue weighted by Gasteiger charge is -2.06. The van der Waals surface area contributed by atoms with E-state index in [9.17, 15) is 4.39 Å². The molecular weight excluding hydrogens is 369 g/mol. The highest BCUT2D eigenvalue weighted by Crippen LogP contribution is 2.29. The van der Waals surface area contributed by atoms with E-state index in [1.165, 1.54) is 21.4 Å². The fourth-order valence-corrected chi connectivity index (χ4v) is 4.07. The number of benzene rings is 1. The van der Waals surface area contributed by atoms with Crippen LogP contribution in [0.1, 0.15) is 10.4 Å². The second-order valence-electron chi connectivity index (χ2n) is 4.62. The molecule has 0 fully saturated rings. The molecule has 21 heavy (non-hydrogen) atoms. The molecule has 0 aliphatic heterocycles. The van der Waals surface area contributed by atoms with Crippen LogP contribution in [0.25, 0.3) is 10.4 Å². The van der Waals surface area contributed by atoms with Crippen LogP contribution in [0.2, 0.25) is 0 Å². The molecule has 0 saturated heterocycles. The van der Waals surface area contributed by atoms with Gasteiger partial charge in [-0.15, -0.1) is 22.7 Å². The van der Waals surface area contributed by atoms with E-state index in [0.717, 1.165) is 16.6 Å². The number of hydrogen-bond donors (Lipinski definition) is 1. The first-order chi connectivity index (χ1) is 10.2. The Morgan fingerprint density at radius 2 is 2.00 bits per heavy atom. The predicted octanol–water partition coefficient (Wildman–Crippen LogP) is 5.67. The van der Waals surface area contributed by atoms with Crippen molar-refractivity contribution in [3.05, 3.63) is 67.9 Å². The van der Waals surface area contributed by atoms with Gasteiger partial charge < -0.3 is 5.32 Å². The monoisotopic (exact) mass is 381 g/mol. The number of halogens is 2. The molecule has 0 radical (unpaired) electrons. The van der Waals surface area contributed by atoms with Crippen LogP contribution >= 0.6 is 38.6 Å². The normalized spacial score (nSPS) is 11.0. The van der Waals surface area contributed by atoms with Gasteiger partial charge in [-0.1, -0.05) is 22.0 Å². The quantitative estimate of drug-likeness (QED) is 0.600. The maximum atomic E-state index is 13.2. The largest absolute Gasteiger partial charge is 0.308 e. The van der Waals surface area contributed by atoms with Gasteiger partial charge in [0.05, 0.1) is 0 Å². The molecule has 2 aromatic heterocycles. The lowest BCUT2D eigenvalue weighted by atomic mass is 10.2. The number of thiophene rings is 2. The van der Waals surface area contributed by atoms with E-state index in [2.05, 4.69) is 50.2 Å². The van der Waals surface area contributed by atoms with Gasteiger partial charge in [-0.2, -0.15) is 0 Å². The summed E-state index contributed by atoms with van der Waals surface area (Å²) in [6.07, 6.45) is 0. The molecule has 0 saturated carbocycles. The molecule has 0 aliphatic carbocycles. The highest BCUT2D eigenvalue weighted by molar-refractivity contribution is 9.10. The second-order valence-corrected chi connectivity index (χ2v) is 7.42. The molecule has 5 heteroatoms. The van der Waals surface area contributed by atoms with Gasteiger partial charge in [0.2, 0.25) is 0 Å². The highest BCUT2D eigenvalue weighted by atomic mass is 79.9. The van der Waals surface area contributed by atoms with Crippen molar-refractivity contribution >= 4 is 38.6 Å². The Kier molecular flexibility index (Phi) is 4.85. The molecule has 0 bridgehead atoms. The summed E-state index contributed by atoms with van der Waals surface area (Å²) in [5, 5.41) is 7.63. The average molecular weight is 382 g/mol. The van der Waals surface area contributed by atoms with E-state index in [1.54, 1.807) is 34.8 Å². The molecule has 0 atom stereocenters. The van der Waals surface area contributed by atoms with Crippen molar-refractivity contribution < 1.29 is 4.39 Å². The average Bonchev–Trinajstić information content (AvgIpc) is 3.13. The third-order valence-electron chi connectivity index (χ3n) is 3.08. The van der Waals surface area contributed by atoms with Crippen molar-refractivity contribution in [2.24, 2.45) is 0 Å². The fourth-order valence-electron chi connectivity index (χ4n) is 2.04. The lowest BCUT2D eigenvalue weighted by Crippen LogP contribution is -2.12. The van der Waals surface area contributed by atoms with Crippen molar-refractivity contribution in [1.82, 2.24) is 5.32 Å². The zero-order valence-corrected chi connectivity index (χ0v) is 14.3. The third kappa shape index (κ3) is 3.80. The van der Waals surface area contributed by atoms with Gasteiger partial charge in [0.15, 0.2) is 0 Å². The van der Waals surface area contributed by atoms with E-state index in [1.807, 2.05) is 0 Å². The SMILES string of the molecule is Fc1ccc(Br)c(CNCc2cc(-c3cccs3)cs2)c1. The topological polar surface area (TPSA) is 12.0 Å². The minimum absolute atomic E-state index is 0.203. The first-order valence-corrected chi connectivity index (χ1v) is 9.03. The minimum Gasteiger partial charge on any atom is -0.308 e. The van der Waals surface area contributed by atoms with Gasteiger partial charge in [0.1, 0.15) is 5.82 Å². The maximum Gasteiger partial charge on any atom is 0.123 e. The zero-order valence-electron chi connectivity index (χ0n) is 11.1. The Bertz CT molecular complexity index is 722. The van der Waals surface area contributed by atoms with Crippen LogP contribution in [0.15, 0.2) is 51.6 Å². The Hall–Kier alpha value is -1.01. The molecule has 2 heterocycles. The Labute approximate surface area is 139 Å². The van der Waals surface area contributed by atoms with Crippen LogP contribution in [-0.2, 0) is 13.1 Å². The third-order valence-corrected chi connectivity index (χ3v) is 5.71. The van der Waals surface area contributed by atoms with Gasteiger partial charge in [-0.3, -0.25) is 0 Å². The summed E-state index contributed by atoms with van der Waals surface area (Å²) in [6.45, 7) is 1.43. The molecule has 1 N–H and O–H groups in total. The van der Waals surface area contributed by atoms with Crippen LogP contribution in [0.5, 0.6) is 0 Å². The van der Waals surface area contributed by atoms with E-state index in [0.29, 0.717) is 6.54 Å². The first-order valence-electron chi connectivity index (χ1n) is 6.48. The number of rotatable bonds is 5. The van der Waals surface area contributed by atoms with E-state index in [-0.39, 0.29) is 5.82 Å². The Morgan fingerprint density at radius 1 is 1.10 bits per heavy atom. The molecule has 0 spiro atoms. The fraction of sp³-hybridized carbons (Fsp3) is 0.125. The molecule has 108 valence electrons. The van der Waals surface area contributed by atoms with E-state index < -0.39 is 0 Å². The van der Waals surface area contributed by atoms with Crippen LogP contribution in [0.4, 0.5) is 4.39 Å². The van der Waals surface area contributed by atoms with Gasteiger partial charge in [-0.25, -0.2) is 4.39 Å². The number of nitrogens with one attached hydrogen (secondary N) is 1. The van der Waals surface area contributed by atoms with Gasteiger partial charge in [0, 0.05) is 32.9 Å². The van der Waals surface area contributed by atoms with Gasteiger partial charge in [0.25, 0.3) is 0 Å². The summed E-state index contributed by atoms with van der Waals surface area (Å²) in [7, 11) is 0. The molecule has 1 aromatic carbocycles. The van der Waals surface area contributed by atoms with E-state index >= 15 is 0 Å². The summed E-state index contributed by atoms with van der Waals surface area (Å²) < 4.78 is 14.1. The molecule has 0 aliphatic rings. The standard InChI is InChI=1S/C16H13BrFNS2/c17-15-4-3-13(18)6-11(15)8-19-9-14-7-12(10-21-14)16-2-1-5-20-16/h1-7,10,19H,8-9H2. The van der Waals surface area contributed by atoms with Crippen LogP contribution in [0.3, 0.4) is 0 Å². The van der Waals surface area contributed by atoms with E-state index in [4.69, 9.17) is 0 Å². The summed E-state index contributed by atoms with van der Waals surface area (Å²) >= 11 is 6.95. The van der Waals surface area contributed by atoms with Crippen molar-refractivity contribution in [1.29, 1.82) is 0 Å². The Balaban J connectivity index is 1.60. The smallest absolute Gasteiger partial charge is 0.123 e. The molecule has 0 unspecified atom stereocenters. The Morgan fingerprint density at radius 3 is 2.81 bits per heavy atom. The van der Waals surface area contributed by atoms with Gasteiger partial charge in [-0.05, 0) is 46.7 Å². The predicted molar refractivity (Wildman–Crippen MR) is 92.3 cm³/mol. The summed E-state index contributed by atoms with van der Waals surface area (Å²) in [5.74, 6) is -0.203. The summed E-state index contributed by atoms with van der Waals surface area (Å²) in [6, 6.07) is 11.2. The second kappa shape index (κ2) is 6.83. The molecule has 3 rings (SSSR count). The van der Waals surface area contributed by atoms with Crippen molar-refractivity contribution in [3.8, 4) is 10.4 Å². The molecule has 3 aromatic rings. The van der Waals surface area contributed by atoms with Crippen LogP contribution < -0.4 is 5.32 Å². The lowest BCUT2D eigenvalue weighted by molar-refractivity contribution is 0.620. The summed E-state index contributed by atoms with van der Waals surface area (Å²) in [4.78, 5) is 2.58. The van der Waals surface area contributed by atoms with Crippen LogP contribution in [0, 0.1) is 5.82 Å². The van der Waals surface area contributed by atoms with Crippen molar-refractivity contribution in [3.63, 3.8) is 0 Å². The first kappa shape index (κ1) is 14.9. The number of hydrogen-bond acceptors (Lipinski definition) is 3. The zero-order chi connectivity index (χ0) is 14.7. The summed E-state index contributed by atoms with van der Waals surface area (Å²) in [5.41, 5.74) is 2.21. The van der Waals surface area contributed by atoms with Gasteiger partial charge >= 0.3 is 0 Å². The van der Waals surface area contributed by atoms with Crippen molar-refractivity contribution in [2.45, 2.75) is 13.1 Å². The van der Waals surface area contributed by atoms with Crippen molar-refractivity contribution in [2.75, 3.05) is 0 Å². The molecular formula is C16H13BrFNS2. The highest BCUT2D eigenvalue weighted by Gasteiger charge is 2.05. The maximum absolute atomic E-state index is 13.2. The molecule has 1 nitrogen and oxygen atoms in total. The molecule has 0 amide bonds.